The van der Waals surface area contributed by atoms with Gasteiger partial charge >= 0.3 is 6.09 Å². The summed E-state index contributed by atoms with van der Waals surface area (Å²) in [4.78, 5) is 25.2. The van der Waals surface area contributed by atoms with Crippen LogP contribution in [0.15, 0.2) is 9.64 Å². The molecule has 1 heterocycles. The first-order chi connectivity index (χ1) is 11.5. The maximum Gasteiger partial charge on any atom is 0.408 e. The fourth-order valence-electron chi connectivity index (χ4n) is 1.81. The van der Waals surface area contributed by atoms with Crippen molar-refractivity contribution in [1.82, 2.24) is 20.4 Å². The zero-order chi connectivity index (χ0) is 19.2. The van der Waals surface area contributed by atoms with Crippen molar-refractivity contribution >= 4 is 23.8 Å². The molecule has 142 valence electrons. The van der Waals surface area contributed by atoms with Gasteiger partial charge in [0.05, 0.1) is 5.75 Å². The molecule has 2 amide bonds. The maximum atomic E-state index is 12.0. The molecule has 0 bridgehead atoms. The Bertz CT molecular complexity index is 581. The number of aromatic nitrogens is 2. The Labute approximate surface area is 153 Å². The molecule has 8 nitrogen and oxygen atoms in total. The number of ether oxygens (including phenoxy) is 1. The van der Waals surface area contributed by atoms with E-state index >= 15 is 0 Å². The highest BCUT2D eigenvalue weighted by Crippen LogP contribution is 2.24. The summed E-state index contributed by atoms with van der Waals surface area (Å²) in [5, 5.41) is 11.0. The molecule has 1 aromatic heterocycles. The zero-order valence-electron chi connectivity index (χ0n) is 16.0. The molecular formula is C16H28N4O4S. The fraction of sp³-hybridized carbons (Fsp3) is 0.750. The van der Waals surface area contributed by atoms with Crippen LogP contribution in [0.2, 0.25) is 0 Å². The maximum absolute atomic E-state index is 12.0. The van der Waals surface area contributed by atoms with Gasteiger partial charge in [0, 0.05) is 14.1 Å². The Kier molecular flexibility index (Phi) is 7.72. The van der Waals surface area contributed by atoms with Gasteiger partial charge in [-0.1, -0.05) is 25.6 Å². The number of alkyl carbamates (subject to hydrolysis) is 1. The van der Waals surface area contributed by atoms with E-state index in [9.17, 15) is 9.59 Å². The highest BCUT2D eigenvalue weighted by Gasteiger charge is 2.25. The van der Waals surface area contributed by atoms with Gasteiger partial charge in [-0.15, -0.1) is 10.2 Å². The first-order valence-corrected chi connectivity index (χ1v) is 9.12. The Balaban J connectivity index is 2.76. The van der Waals surface area contributed by atoms with Gasteiger partial charge in [-0.05, 0) is 33.1 Å². The summed E-state index contributed by atoms with van der Waals surface area (Å²) in [5.74, 6) is 0.774. The summed E-state index contributed by atoms with van der Waals surface area (Å²) in [6.07, 6.45) is 0.0932. The van der Waals surface area contributed by atoms with Gasteiger partial charge in [0.2, 0.25) is 11.8 Å². The summed E-state index contributed by atoms with van der Waals surface area (Å²) in [7, 11) is 3.37. The summed E-state index contributed by atoms with van der Waals surface area (Å²) < 4.78 is 10.9. The Morgan fingerprint density at radius 3 is 2.44 bits per heavy atom. The van der Waals surface area contributed by atoms with Crippen LogP contribution in [-0.4, -0.2) is 52.5 Å². The molecule has 0 aliphatic carbocycles. The van der Waals surface area contributed by atoms with Crippen molar-refractivity contribution in [1.29, 1.82) is 0 Å². The van der Waals surface area contributed by atoms with E-state index in [2.05, 4.69) is 15.5 Å². The van der Waals surface area contributed by atoms with Gasteiger partial charge in [0.1, 0.15) is 11.6 Å². The van der Waals surface area contributed by atoms with Crippen LogP contribution in [0.4, 0.5) is 4.79 Å². The molecule has 1 rings (SSSR count). The topological polar surface area (TPSA) is 97.6 Å². The molecule has 0 spiro atoms. The molecule has 0 aliphatic heterocycles. The van der Waals surface area contributed by atoms with Crippen LogP contribution in [0.3, 0.4) is 0 Å². The predicted molar refractivity (Wildman–Crippen MR) is 95.3 cm³/mol. The molecule has 0 aliphatic rings. The highest BCUT2D eigenvalue weighted by molar-refractivity contribution is 7.99. The lowest BCUT2D eigenvalue weighted by Crippen LogP contribution is -2.35. The highest BCUT2D eigenvalue weighted by atomic mass is 32.2. The third-order valence-corrected chi connectivity index (χ3v) is 3.74. The van der Waals surface area contributed by atoms with Crippen molar-refractivity contribution in [3.63, 3.8) is 0 Å². The lowest BCUT2D eigenvalue weighted by Gasteiger charge is -2.22. The Morgan fingerprint density at radius 1 is 1.28 bits per heavy atom. The lowest BCUT2D eigenvalue weighted by atomic mass is 10.0. The second kappa shape index (κ2) is 9.07. The molecule has 0 fully saturated rings. The smallest absolute Gasteiger partial charge is 0.408 e. The van der Waals surface area contributed by atoms with Crippen molar-refractivity contribution in [3.8, 4) is 0 Å². The monoisotopic (exact) mass is 372 g/mol. The van der Waals surface area contributed by atoms with Crippen LogP contribution in [0.5, 0.6) is 0 Å². The van der Waals surface area contributed by atoms with Gasteiger partial charge in [0.15, 0.2) is 0 Å². The number of carbonyl (C=O) groups is 2. The van der Waals surface area contributed by atoms with Crippen LogP contribution in [-0.2, 0) is 9.53 Å². The van der Waals surface area contributed by atoms with Crippen LogP contribution < -0.4 is 5.32 Å². The first kappa shape index (κ1) is 21.3. The van der Waals surface area contributed by atoms with Crippen LogP contribution in [0.1, 0.15) is 53.0 Å². The van der Waals surface area contributed by atoms with E-state index in [1.165, 1.54) is 16.7 Å². The minimum absolute atomic E-state index is 0.0460. The number of carbonyl (C=O) groups excluding carboxylic acids is 2. The summed E-state index contributed by atoms with van der Waals surface area (Å²) in [6.45, 7) is 9.46. The van der Waals surface area contributed by atoms with E-state index in [0.29, 0.717) is 23.5 Å². The third kappa shape index (κ3) is 8.24. The Hall–Kier alpha value is -1.77. The minimum atomic E-state index is -0.588. The van der Waals surface area contributed by atoms with Crippen LogP contribution >= 0.6 is 11.8 Å². The van der Waals surface area contributed by atoms with Gasteiger partial charge in [-0.3, -0.25) is 4.79 Å². The van der Waals surface area contributed by atoms with Gasteiger partial charge in [-0.2, -0.15) is 0 Å². The number of amides is 2. The second-order valence-electron chi connectivity index (χ2n) is 7.31. The molecule has 1 aromatic rings. The number of rotatable bonds is 7. The number of thioether (sulfide) groups is 1. The number of hydrogen-bond donors (Lipinski definition) is 1. The van der Waals surface area contributed by atoms with E-state index in [4.69, 9.17) is 9.15 Å². The third-order valence-electron chi connectivity index (χ3n) is 2.94. The quantitative estimate of drug-likeness (QED) is 0.735. The SMILES string of the molecule is CC(C)CC(NC(=O)OC(C)(C)C)c1nnc(SCC(=O)N(C)C)o1. The van der Waals surface area contributed by atoms with Gasteiger partial charge in [-0.25, -0.2) is 4.79 Å². The summed E-state index contributed by atoms with van der Waals surface area (Å²) in [6, 6.07) is -0.443. The molecule has 0 aromatic carbocycles. The normalized spacial score (nSPS) is 12.8. The predicted octanol–water partition coefficient (Wildman–Crippen LogP) is 2.86. The standard InChI is InChI=1S/C16H28N4O4S/c1-10(2)8-11(17-14(22)24-16(3,4)5)13-18-19-15(23-13)25-9-12(21)20(6)7/h10-11H,8-9H2,1-7H3,(H,17,22). The van der Waals surface area contributed by atoms with Crippen molar-refractivity contribution in [2.75, 3.05) is 19.8 Å². The van der Waals surface area contributed by atoms with Crippen LogP contribution in [0, 0.1) is 5.92 Å². The average Bonchev–Trinajstić information content (AvgIpc) is 2.90. The molecular weight excluding hydrogens is 344 g/mol. The van der Waals surface area contributed by atoms with Crippen molar-refractivity contribution in [2.24, 2.45) is 5.92 Å². The Morgan fingerprint density at radius 2 is 1.92 bits per heavy atom. The fourth-order valence-corrected chi connectivity index (χ4v) is 2.56. The van der Waals surface area contributed by atoms with E-state index in [-0.39, 0.29) is 11.7 Å². The van der Waals surface area contributed by atoms with E-state index in [0.717, 1.165) is 0 Å². The first-order valence-electron chi connectivity index (χ1n) is 8.13. The molecule has 1 atom stereocenters. The summed E-state index contributed by atoms with van der Waals surface area (Å²) >= 11 is 1.17. The van der Waals surface area contributed by atoms with E-state index in [1.807, 2.05) is 13.8 Å². The molecule has 0 radical (unpaired) electrons. The van der Waals surface area contributed by atoms with Crippen molar-refractivity contribution < 1.29 is 18.7 Å². The molecule has 1 unspecified atom stereocenters. The molecule has 25 heavy (non-hydrogen) atoms. The molecule has 9 heteroatoms. The minimum Gasteiger partial charge on any atom is -0.444 e. The number of nitrogens with zero attached hydrogens (tertiary/aromatic N) is 3. The second-order valence-corrected chi connectivity index (χ2v) is 8.24. The molecule has 1 N–H and O–H groups in total. The van der Waals surface area contributed by atoms with E-state index in [1.54, 1.807) is 34.9 Å². The number of nitrogens with one attached hydrogen (secondary N) is 1. The van der Waals surface area contributed by atoms with Crippen molar-refractivity contribution in [2.45, 2.75) is 57.9 Å². The summed E-state index contributed by atoms with van der Waals surface area (Å²) in [5.41, 5.74) is -0.588. The molecule has 0 saturated heterocycles. The van der Waals surface area contributed by atoms with Gasteiger partial charge < -0.3 is 19.4 Å². The van der Waals surface area contributed by atoms with E-state index < -0.39 is 17.7 Å². The van der Waals surface area contributed by atoms with Crippen molar-refractivity contribution in [3.05, 3.63) is 5.89 Å². The van der Waals surface area contributed by atoms with Crippen LogP contribution in [0.25, 0.3) is 0 Å². The molecule has 0 saturated carbocycles. The van der Waals surface area contributed by atoms with Gasteiger partial charge in [0.25, 0.3) is 5.22 Å². The zero-order valence-corrected chi connectivity index (χ0v) is 16.8. The lowest BCUT2D eigenvalue weighted by molar-refractivity contribution is -0.125. The number of hydrogen-bond acceptors (Lipinski definition) is 7. The average molecular weight is 372 g/mol. The largest absolute Gasteiger partial charge is 0.444 e.